The average Bonchev–Trinajstić information content (AvgIpc) is 1.97. The molecule has 0 saturated heterocycles. The minimum Gasteiger partial charge on any atom is -0.481 e. The third-order valence-electron chi connectivity index (χ3n) is 2.70. The fourth-order valence-corrected chi connectivity index (χ4v) is 1.47. The molecule has 1 atom stereocenters. The fraction of sp³-hybridized carbons (Fsp3) is 0.667. The molecule has 0 fully saturated rings. The van der Waals surface area contributed by atoms with Crippen LogP contribution in [0.25, 0.3) is 0 Å². The molecule has 0 aliphatic heterocycles. The van der Waals surface area contributed by atoms with Gasteiger partial charge in [0.2, 0.25) is 0 Å². The van der Waals surface area contributed by atoms with Crippen LogP contribution in [-0.4, -0.2) is 11.1 Å². The minimum atomic E-state index is -0.738. The Morgan fingerprint density at radius 3 is 2.67 bits per heavy atom. The Morgan fingerprint density at radius 1 is 1.67 bits per heavy atom. The molecular formula is C9H15NO2. The van der Waals surface area contributed by atoms with E-state index >= 15 is 0 Å². The average molecular weight is 169 g/mol. The smallest absolute Gasteiger partial charge is 0.309 e. The maximum absolute atomic E-state index is 10.9. The van der Waals surface area contributed by atoms with Gasteiger partial charge in [-0.1, -0.05) is 5.57 Å². The van der Waals surface area contributed by atoms with Gasteiger partial charge in [-0.2, -0.15) is 0 Å². The second-order valence-electron chi connectivity index (χ2n) is 3.85. The second kappa shape index (κ2) is 2.81. The van der Waals surface area contributed by atoms with Gasteiger partial charge in [0.25, 0.3) is 0 Å². The molecule has 0 aromatic heterocycles. The zero-order valence-electron chi connectivity index (χ0n) is 7.55. The normalized spacial score (nSPS) is 30.5. The van der Waals surface area contributed by atoms with Gasteiger partial charge in [0.1, 0.15) is 0 Å². The summed E-state index contributed by atoms with van der Waals surface area (Å²) in [5.41, 5.74) is 6.98. The van der Waals surface area contributed by atoms with Crippen molar-refractivity contribution in [2.45, 2.75) is 33.1 Å². The summed E-state index contributed by atoms with van der Waals surface area (Å²) in [7, 11) is 0. The van der Waals surface area contributed by atoms with Crippen LogP contribution in [0.4, 0.5) is 0 Å². The number of carbonyl (C=O) groups is 1. The van der Waals surface area contributed by atoms with E-state index in [1.165, 1.54) is 0 Å². The van der Waals surface area contributed by atoms with E-state index in [9.17, 15) is 4.79 Å². The summed E-state index contributed by atoms with van der Waals surface area (Å²) in [6.45, 7) is 3.73. The monoisotopic (exact) mass is 169 g/mol. The number of rotatable bonds is 1. The van der Waals surface area contributed by atoms with Crippen LogP contribution in [0.5, 0.6) is 0 Å². The molecule has 0 bridgehead atoms. The van der Waals surface area contributed by atoms with Crippen LogP contribution in [0, 0.1) is 5.41 Å². The standard InChI is InChI=1S/C9H15NO2/c1-6-3-4-9(2,8(11)12)5-7(6)10/h3-5,10H2,1-2H3,(H,11,12). The van der Waals surface area contributed by atoms with E-state index in [2.05, 4.69) is 0 Å². The van der Waals surface area contributed by atoms with Crippen LogP contribution in [-0.2, 0) is 4.79 Å². The Labute approximate surface area is 72.3 Å². The predicted molar refractivity (Wildman–Crippen MR) is 46.5 cm³/mol. The molecule has 1 aliphatic rings. The van der Waals surface area contributed by atoms with Gasteiger partial charge in [0, 0.05) is 12.1 Å². The van der Waals surface area contributed by atoms with E-state index in [1.807, 2.05) is 6.92 Å². The zero-order chi connectivity index (χ0) is 9.35. The van der Waals surface area contributed by atoms with Crippen molar-refractivity contribution in [1.29, 1.82) is 0 Å². The summed E-state index contributed by atoms with van der Waals surface area (Å²) in [6.07, 6.45) is 2.01. The van der Waals surface area contributed by atoms with E-state index in [0.717, 1.165) is 17.7 Å². The van der Waals surface area contributed by atoms with Gasteiger partial charge in [-0.3, -0.25) is 4.79 Å². The molecule has 1 rings (SSSR count). The molecule has 0 aromatic rings. The highest BCUT2D eigenvalue weighted by Gasteiger charge is 2.36. The summed E-state index contributed by atoms with van der Waals surface area (Å²) in [5, 5.41) is 8.92. The highest BCUT2D eigenvalue weighted by Crippen LogP contribution is 2.37. The highest BCUT2D eigenvalue weighted by atomic mass is 16.4. The van der Waals surface area contributed by atoms with Crippen molar-refractivity contribution in [2.75, 3.05) is 0 Å². The van der Waals surface area contributed by atoms with E-state index in [4.69, 9.17) is 10.8 Å². The van der Waals surface area contributed by atoms with Gasteiger partial charge in [-0.15, -0.1) is 0 Å². The van der Waals surface area contributed by atoms with Crippen LogP contribution in [0.3, 0.4) is 0 Å². The van der Waals surface area contributed by atoms with Crippen LogP contribution in [0.2, 0.25) is 0 Å². The molecule has 0 spiro atoms. The van der Waals surface area contributed by atoms with Crippen LogP contribution in [0.15, 0.2) is 11.3 Å². The SMILES string of the molecule is CC1=C(N)CC(C)(C(=O)O)CC1. The minimum absolute atomic E-state index is 0.494. The van der Waals surface area contributed by atoms with Gasteiger partial charge in [-0.25, -0.2) is 0 Å². The van der Waals surface area contributed by atoms with Gasteiger partial charge < -0.3 is 10.8 Å². The van der Waals surface area contributed by atoms with Crippen molar-refractivity contribution >= 4 is 5.97 Å². The van der Waals surface area contributed by atoms with Gasteiger partial charge in [0.15, 0.2) is 0 Å². The molecule has 0 aromatic carbocycles. The van der Waals surface area contributed by atoms with Crippen molar-refractivity contribution in [3.63, 3.8) is 0 Å². The van der Waals surface area contributed by atoms with Gasteiger partial charge in [0.05, 0.1) is 5.41 Å². The molecule has 0 heterocycles. The predicted octanol–water partition coefficient (Wildman–Crippen LogP) is 1.49. The van der Waals surface area contributed by atoms with E-state index in [1.54, 1.807) is 6.92 Å². The molecule has 3 nitrogen and oxygen atoms in total. The number of aliphatic carboxylic acids is 1. The number of nitrogens with two attached hydrogens (primary N) is 1. The molecule has 0 saturated carbocycles. The first-order valence-corrected chi connectivity index (χ1v) is 4.13. The topological polar surface area (TPSA) is 63.3 Å². The molecule has 68 valence electrons. The Kier molecular flexibility index (Phi) is 2.13. The summed E-state index contributed by atoms with van der Waals surface area (Å²) in [4.78, 5) is 10.9. The first-order valence-electron chi connectivity index (χ1n) is 4.13. The van der Waals surface area contributed by atoms with Crippen molar-refractivity contribution in [2.24, 2.45) is 11.1 Å². The molecule has 0 radical (unpaired) electrons. The Bertz CT molecular complexity index is 245. The van der Waals surface area contributed by atoms with Crippen LogP contribution in [0.1, 0.15) is 33.1 Å². The van der Waals surface area contributed by atoms with Crippen molar-refractivity contribution < 1.29 is 9.90 Å². The zero-order valence-corrected chi connectivity index (χ0v) is 7.55. The first kappa shape index (κ1) is 9.10. The molecule has 3 N–H and O–H groups in total. The number of carboxylic acids is 1. The molecule has 1 unspecified atom stereocenters. The largest absolute Gasteiger partial charge is 0.481 e. The van der Waals surface area contributed by atoms with Gasteiger partial charge >= 0.3 is 5.97 Å². The first-order chi connectivity index (χ1) is 5.46. The second-order valence-corrected chi connectivity index (χ2v) is 3.85. The molecule has 0 amide bonds. The van der Waals surface area contributed by atoms with Crippen molar-refractivity contribution in [3.05, 3.63) is 11.3 Å². The van der Waals surface area contributed by atoms with Crippen LogP contribution < -0.4 is 5.73 Å². The quantitative estimate of drug-likeness (QED) is 0.625. The summed E-state index contributed by atoms with van der Waals surface area (Å²) in [5.74, 6) is -0.738. The number of hydrogen-bond donors (Lipinski definition) is 2. The number of carboxylic acid groups (broad SMARTS) is 1. The Hall–Kier alpha value is -0.990. The lowest BCUT2D eigenvalue weighted by Gasteiger charge is -2.30. The lowest BCUT2D eigenvalue weighted by atomic mass is 9.75. The van der Waals surface area contributed by atoms with Crippen LogP contribution >= 0.6 is 0 Å². The van der Waals surface area contributed by atoms with E-state index in [0.29, 0.717) is 12.8 Å². The number of allylic oxidation sites excluding steroid dienone is 2. The molecule has 1 aliphatic carbocycles. The maximum Gasteiger partial charge on any atom is 0.309 e. The molecule has 12 heavy (non-hydrogen) atoms. The lowest BCUT2D eigenvalue weighted by Crippen LogP contribution is -2.32. The summed E-state index contributed by atoms with van der Waals surface area (Å²) in [6, 6.07) is 0. The lowest BCUT2D eigenvalue weighted by molar-refractivity contribution is -0.148. The summed E-state index contributed by atoms with van der Waals surface area (Å²) < 4.78 is 0. The van der Waals surface area contributed by atoms with Gasteiger partial charge in [-0.05, 0) is 26.7 Å². The fourth-order valence-electron chi connectivity index (χ4n) is 1.47. The number of hydrogen-bond acceptors (Lipinski definition) is 2. The molecular weight excluding hydrogens is 154 g/mol. The third-order valence-corrected chi connectivity index (χ3v) is 2.70. The van der Waals surface area contributed by atoms with E-state index in [-0.39, 0.29) is 0 Å². The summed E-state index contributed by atoms with van der Waals surface area (Å²) >= 11 is 0. The Balaban J connectivity index is 2.84. The maximum atomic E-state index is 10.9. The van der Waals surface area contributed by atoms with Crippen molar-refractivity contribution in [3.8, 4) is 0 Å². The highest BCUT2D eigenvalue weighted by molar-refractivity contribution is 5.74. The van der Waals surface area contributed by atoms with E-state index < -0.39 is 11.4 Å². The molecule has 3 heteroatoms. The van der Waals surface area contributed by atoms with Crippen molar-refractivity contribution in [1.82, 2.24) is 0 Å². The Morgan fingerprint density at radius 2 is 2.25 bits per heavy atom. The third kappa shape index (κ3) is 1.44.